The maximum Gasteiger partial charge on any atom is 0.295 e. The zero-order valence-electron chi connectivity index (χ0n) is 23.2. The molecule has 0 aliphatic carbocycles. The Morgan fingerprint density at radius 3 is 2.17 bits per heavy atom. The van der Waals surface area contributed by atoms with E-state index in [2.05, 4.69) is 75.1 Å². The largest absolute Gasteiger partial charge is 0.339 e. The van der Waals surface area contributed by atoms with Crippen molar-refractivity contribution < 1.29 is 0 Å². The van der Waals surface area contributed by atoms with E-state index in [0.717, 1.165) is 54.0 Å². The zero-order valence-corrected chi connectivity index (χ0v) is 24.0. The van der Waals surface area contributed by atoms with Crippen molar-refractivity contribution in [2.75, 3.05) is 5.32 Å². The number of anilines is 1. The Morgan fingerprint density at radius 2 is 1.49 bits per heavy atom. The molecular weight excluding hydrogens is 526 g/mol. The first-order chi connectivity index (χ1) is 20.0. The number of thiocarbonyl (C=S) groups is 1. The van der Waals surface area contributed by atoms with E-state index in [1.165, 1.54) is 22.5 Å². The van der Waals surface area contributed by atoms with E-state index in [0.29, 0.717) is 10.7 Å². The van der Waals surface area contributed by atoms with Crippen LogP contribution in [0, 0.1) is 6.92 Å². The highest BCUT2D eigenvalue weighted by atomic mass is 32.1. The third-order valence-corrected chi connectivity index (χ3v) is 8.57. The molecule has 1 aliphatic rings. The van der Waals surface area contributed by atoms with Crippen molar-refractivity contribution in [1.82, 2.24) is 18.3 Å². The van der Waals surface area contributed by atoms with Crippen LogP contribution in [0.25, 0.3) is 33.7 Å². The second-order valence-corrected chi connectivity index (χ2v) is 11.0. The molecule has 0 amide bonds. The van der Waals surface area contributed by atoms with E-state index in [1.54, 1.807) is 4.68 Å². The van der Waals surface area contributed by atoms with Gasteiger partial charge in [0.15, 0.2) is 0 Å². The number of nitrogens with zero attached hydrogens (tertiary/aromatic N) is 4. The van der Waals surface area contributed by atoms with Crippen LogP contribution in [-0.2, 0) is 20.0 Å². The van der Waals surface area contributed by atoms with Gasteiger partial charge in [0, 0.05) is 30.9 Å². The van der Waals surface area contributed by atoms with Gasteiger partial charge in [0.1, 0.15) is 16.3 Å². The number of nitrogens with one attached hydrogen (secondary N) is 1. The number of aryl methyl sites for hydroxylation is 2. The number of hydrogen-bond donors (Lipinski definition) is 1. The van der Waals surface area contributed by atoms with Crippen LogP contribution in [0.2, 0.25) is 0 Å². The molecule has 1 N–H and O–H groups in total. The molecule has 41 heavy (non-hydrogen) atoms. The minimum absolute atomic E-state index is 0.128. The topological polar surface area (TPSA) is 48.3 Å². The normalized spacial score (nSPS) is 12.9. The molecule has 1 aliphatic heterocycles. The number of aromatic nitrogens is 4. The Kier molecular flexibility index (Phi) is 6.24. The van der Waals surface area contributed by atoms with Gasteiger partial charge in [-0.3, -0.25) is 13.9 Å². The molecule has 0 saturated carbocycles. The molecule has 0 radical (unpaired) electrons. The van der Waals surface area contributed by atoms with Gasteiger partial charge >= 0.3 is 0 Å². The summed E-state index contributed by atoms with van der Waals surface area (Å²) < 4.78 is 8.27. The number of benzene rings is 3. The van der Waals surface area contributed by atoms with E-state index in [1.807, 2.05) is 55.1 Å². The number of rotatable bonds is 5. The average molecular weight is 558 g/mol. The fourth-order valence-corrected chi connectivity index (χ4v) is 6.55. The van der Waals surface area contributed by atoms with Gasteiger partial charge in [-0.05, 0) is 49.4 Å². The minimum Gasteiger partial charge on any atom is -0.339 e. The van der Waals surface area contributed by atoms with Crippen LogP contribution in [0.4, 0.5) is 5.69 Å². The maximum absolute atomic E-state index is 13.8. The first-order valence-corrected chi connectivity index (χ1v) is 14.5. The molecule has 7 rings (SSSR count). The van der Waals surface area contributed by atoms with Crippen molar-refractivity contribution in [3.05, 3.63) is 124 Å². The van der Waals surface area contributed by atoms with Gasteiger partial charge in [0.2, 0.25) is 0 Å². The third-order valence-electron chi connectivity index (χ3n) is 8.27. The Balaban J connectivity index is 1.44. The van der Waals surface area contributed by atoms with Gasteiger partial charge in [-0.15, -0.1) is 0 Å². The average Bonchev–Trinajstić information content (AvgIpc) is 3.52. The number of para-hydroxylation sites is 1. The highest BCUT2D eigenvalue weighted by Crippen LogP contribution is 2.39. The van der Waals surface area contributed by atoms with E-state index in [9.17, 15) is 4.79 Å². The van der Waals surface area contributed by atoms with E-state index < -0.39 is 0 Å². The predicted molar refractivity (Wildman–Crippen MR) is 170 cm³/mol. The van der Waals surface area contributed by atoms with E-state index in [-0.39, 0.29) is 5.56 Å². The van der Waals surface area contributed by atoms with Crippen LogP contribution in [0.1, 0.15) is 29.8 Å². The first kappa shape index (κ1) is 25.4. The van der Waals surface area contributed by atoms with Gasteiger partial charge < -0.3 is 9.88 Å². The monoisotopic (exact) mass is 557 g/mol. The second-order valence-electron chi connectivity index (χ2n) is 10.6. The molecule has 3 aromatic heterocycles. The van der Waals surface area contributed by atoms with Crippen molar-refractivity contribution in [2.24, 2.45) is 7.05 Å². The molecule has 0 fully saturated rings. The van der Waals surface area contributed by atoms with E-state index in [4.69, 9.17) is 12.2 Å². The fraction of sp³-hybridized carbons (Fsp3) is 0.176. The lowest BCUT2D eigenvalue weighted by Gasteiger charge is -2.11. The maximum atomic E-state index is 13.8. The molecular formula is C34H31N5OS. The first-order valence-electron chi connectivity index (χ1n) is 14.1. The van der Waals surface area contributed by atoms with Gasteiger partial charge in [0.25, 0.3) is 5.56 Å². The van der Waals surface area contributed by atoms with Crippen molar-refractivity contribution >= 4 is 28.5 Å². The molecule has 0 unspecified atom stereocenters. The molecule has 0 spiro atoms. The smallest absolute Gasteiger partial charge is 0.295 e. The predicted octanol–water partition coefficient (Wildman–Crippen LogP) is 7.00. The zero-order chi connectivity index (χ0) is 28.1. The summed E-state index contributed by atoms with van der Waals surface area (Å²) in [7, 11) is 1.90. The summed E-state index contributed by atoms with van der Waals surface area (Å²) in [6.07, 6.45) is 5.41. The summed E-state index contributed by atoms with van der Waals surface area (Å²) in [5.74, 6) is 0. The molecule has 3 aromatic carbocycles. The van der Waals surface area contributed by atoms with Crippen LogP contribution >= 0.6 is 12.2 Å². The van der Waals surface area contributed by atoms with Crippen molar-refractivity contribution in [3.63, 3.8) is 0 Å². The number of hydrogen-bond acceptors (Lipinski definition) is 2. The molecule has 0 bridgehead atoms. The van der Waals surface area contributed by atoms with Crippen molar-refractivity contribution in [2.45, 2.75) is 32.7 Å². The van der Waals surface area contributed by atoms with Gasteiger partial charge in [-0.1, -0.05) is 91.1 Å². The summed E-state index contributed by atoms with van der Waals surface area (Å²) in [6, 6.07) is 30.7. The standard InChI is InChI=1S/C34H31N5OS/c1-23-30(34(40)39(36(23)2)26-18-10-5-11-19-26)35-32(41)31-29(25-16-8-4-9-17-25)27-20-12-13-21-37-28(22-38(31)33(27)37)24-14-6-3-7-15-24/h3-11,14-19,22H,12-13,20-21H2,1-2H3,(H,35,41). The van der Waals surface area contributed by atoms with Crippen LogP contribution in [-0.4, -0.2) is 23.3 Å². The second kappa shape index (κ2) is 10.1. The molecule has 6 nitrogen and oxygen atoms in total. The molecule has 6 aromatic rings. The fourth-order valence-electron chi connectivity index (χ4n) is 6.25. The van der Waals surface area contributed by atoms with Crippen LogP contribution in [0.5, 0.6) is 0 Å². The highest BCUT2D eigenvalue weighted by Gasteiger charge is 2.29. The lowest BCUT2D eigenvalue weighted by molar-refractivity contribution is 0.630. The lowest BCUT2D eigenvalue weighted by atomic mass is 9.98. The summed E-state index contributed by atoms with van der Waals surface area (Å²) in [5.41, 5.74) is 10.0. The highest BCUT2D eigenvalue weighted by molar-refractivity contribution is 7.81. The molecule has 0 saturated heterocycles. The molecule has 7 heteroatoms. The Hall–Kier alpha value is -4.62. The van der Waals surface area contributed by atoms with Crippen LogP contribution in [0.15, 0.2) is 102 Å². The Morgan fingerprint density at radius 1 is 0.854 bits per heavy atom. The SMILES string of the molecule is Cc1c(NC(=S)c2c(-c3ccccc3)c3c4n(c(-c5ccccc5)cn24)CCCC3)c(=O)n(-c2ccccc2)n1C. The van der Waals surface area contributed by atoms with Crippen LogP contribution < -0.4 is 10.9 Å². The molecule has 4 heterocycles. The quantitative estimate of drug-likeness (QED) is 0.232. The summed E-state index contributed by atoms with van der Waals surface area (Å²) in [4.78, 5) is 14.3. The summed E-state index contributed by atoms with van der Waals surface area (Å²) in [6.45, 7) is 2.90. The minimum atomic E-state index is -0.128. The van der Waals surface area contributed by atoms with E-state index >= 15 is 0 Å². The van der Waals surface area contributed by atoms with Gasteiger partial charge in [0.05, 0.1) is 22.8 Å². The summed E-state index contributed by atoms with van der Waals surface area (Å²) >= 11 is 6.19. The van der Waals surface area contributed by atoms with Crippen LogP contribution in [0.3, 0.4) is 0 Å². The van der Waals surface area contributed by atoms with Gasteiger partial charge in [-0.25, -0.2) is 4.68 Å². The Labute approximate surface area is 244 Å². The van der Waals surface area contributed by atoms with Gasteiger partial charge in [-0.2, -0.15) is 0 Å². The number of imidazole rings is 1. The lowest BCUT2D eigenvalue weighted by Crippen LogP contribution is -2.23. The molecule has 204 valence electrons. The summed E-state index contributed by atoms with van der Waals surface area (Å²) in [5, 5.41) is 3.42. The van der Waals surface area contributed by atoms with Crippen molar-refractivity contribution in [3.8, 4) is 28.1 Å². The van der Waals surface area contributed by atoms with Crippen molar-refractivity contribution in [1.29, 1.82) is 0 Å². The third kappa shape index (κ3) is 4.07. The Bertz CT molecular complexity index is 1960. The molecule has 0 atom stereocenters.